The number of anilines is 1. The molecular weight excluding hydrogens is 404 g/mol. The molecule has 1 atom stereocenters. The summed E-state index contributed by atoms with van der Waals surface area (Å²) < 4.78 is 32.6. The lowest BCUT2D eigenvalue weighted by atomic mass is 9.89. The molecule has 4 rings (SSSR count). The van der Waals surface area contributed by atoms with Crippen molar-refractivity contribution < 1.29 is 23.1 Å². The van der Waals surface area contributed by atoms with E-state index in [1.165, 1.54) is 10.4 Å². The number of nitrogens with one attached hydrogen (secondary N) is 1. The van der Waals surface area contributed by atoms with Crippen molar-refractivity contribution in [2.75, 3.05) is 25.0 Å². The van der Waals surface area contributed by atoms with Crippen molar-refractivity contribution >= 4 is 21.6 Å². The zero-order chi connectivity index (χ0) is 21.1. The predicted octanol–water partition coefficient (Wildman–Crippen LogP) is 2.86. The number of carbonyl (C=O) groups excluding carboxylic acids is 1. The number of sulfonamides is 1. The van der Waals surface area contributed by atoms with E-state index in [9.17, 15) is 18.3 Å². The van der Waals surface area contributed by atoms with Gasteiger partial charge in [-0.25, -0.2) is 8.42 Å². The van der Waals surface area contributed by atoms with Gasteiger partial charge in [0.25, 0.3) is 5.91 Å². The Labute approximate surface area is 176 Å². The third kappa shape index (κ3) is 4.35. The molecule has 0 bridgehead atoms. The number of aliphatic hydroxyl groups is 1. The van der Waals surface area contributed by atoms with Crippen LogP contribution in [0.2, 0.25) is 0 Å². The molecule has 0 aromatic heterocycles. The average molecular weight is 431 g/mol. The molecule has 0 saturated carbocycles. The van der Waals surface area contributed by atoms with Gasteiger partial charge in [0, 0.05) is 18.8 Å². The number of hydrogen-bond acceptors (Lipinski definition) is 5. The lowest BCUT2D eigenvalue weighted by Crippen LogP contribution is -2.28. The first kappa shape index (κ1) is 20.8. The summed E-state index contributed by atoms with van der Waals surface area (Å²) in [4.78, 5) is 12.6. The van der Waals surface area contributed by atoms with Gasteiger partial charge in [-0.05, 0) is 67.5 Å². The van der Waals surface area contributed by atoms with Gasteiger partial charge in [0.1, 0.15) is 5.75 Å². The minimum Gasteiger partial charge on any atom is -0.483 e. The fourth-order valence-electron chi connectivity index (χ4n) is 4.08. The van der Waals surface area contributed by atoms with Gasteiger partial charge < -0.3 is 15.2 Å². The molecule has 1 unspecified atom stereocenters. The second kappa shape index (κ2) is 8.75. The first-order valence-corrected chi connectivity index (χ1v) is 11.7. The lowest BCUT2D eigenvalue weighted by molar-refractivity contribution is -0.118. The summed E-state index contributed by atoms with van der Waals surface area (Å²) in [5.41, 5.74) is 2.22. The SMILES string of the molecule is O=C(COc1cccc2c1CCCC2O)Nc1cccc(S(=O)(=O)N2CCCC2)c1. The van der Waals surface area contributed by atoms with Crippen LogP contribution in [0.15, 0.2) is 47.4 Å². The maximum Gasteiger partial charge on any atom is 0.262 e. The van der Waals surface area contributed by atoms with Crippen molar-refractivity contribution in [1.82, 2.24) is 4.31 Å². The van der Waals surface area contributed by atoms with Gasteiger partial charge in [-0.3, -0.25) is 4.79 Å². The Hall–Kier alpha value is -2.42. The fourth-order valence-corrected chi connectivity index (χ4v) is 5.64. The van der Waals surface area contributed by atoms with E-state index < -0.39 is 16.1 Å². The third-order valence-corrected chi connectivity index (χ3v) is 7.51. The molecule has 0 radical (unpaired) electrons. The van der Waals surface area contributed by atoms with Crippen LogP contribution in [0.25, 0.3) is 0 Å². The van der Waals surface area contributed by atoms with Crippen LogP contribution in [0.4, 0.5) is 5.69 Å². The van der Waals surface area contributed by atoms with Crippen molar-refractivity contribution in [3.05, 3.63) is 53.6 Å². The van der Waals surface area contributed by atoms with Crippen molar-refractivity contribution in [1.29, 1.82) is 0 Å². The van der Waals surface area contributed by atoms with Gasteiger partial charge in [0.2, 0.25) is 10.0 Å². The predicted molar refractivity (Wildman–Crippen MR) is 113 cm³/mol. The van der Waals surface area contributed by atoms with Gasteiger partial charge in [0.15, 0.2) is 6.61 Å². The van der Waals surface area contributed by atoms with Gasteiger partial charge in [0.05, 0.1) is 11.0 Å². The quantitative estimate of drug-likeness (QED) is 0.735. The van der Waals surface area contributed by atoms with Gasteiger partial charge in [-0.2, -0.15) is 4.31 Å². The molecule has 1 aliphatic heterocycles. The summed E-state index contributed by atoms with van der Waals surface area (Å²) in [7, 11) is -3.54. The summed E-state index contributed by atoms with van der Waals surface area (Å²) in [5.74, 6) is 0.228. The monoisotopic (exact) mass is 430 g/mol. The van der Waals surface area contributed by atoms with E-state index >= 15 is 0 Å². The summed E-state index contributed by atoms with van der Waals surface area (Å²) in [6.45, 7) is 0.862. The van der Waals surface area contributed by atoms with Crippen LogP contribution in [-0.2, 0) is 21.2 Å². The maximum atomic E-state index is 12.7. The summed E-state index contributed by atoms with van der Waals surface area (Å²) in [5, 5.41) is 12.8. The standard InChI is InChI=1S/C22H26N2O5S/c25-20-10-4-9-19-18(20)8-5-11-21(19)29-15-22(26)23-16-6-3-7-17(14-16)30(27,28)24-12-1-2-13-24/h3,5-8,11,14,20,25H,1-2,4,9-10,12-13,15H2,(H,23,26). The fraction of sp³-hybridized carbons (Fsp3) is 0.409. The Morgan fingerprint density at radius 3 is 2.70 bits per heavy atom. The molecule has 7 nitrogen and oxygen atoms in total. The van der Waals surface area contributed by atoms with Crippen LogP contribution >= 0.6 is 0 Å². The number of fused-ring (bicyclic) bond motifs is 1. The van der Waals surface area contributed by atoms with E-state index in [1.807, 2.05) is 12.1 Å². The van der Waals surface area contributed by atoms with Gasteiger partial charge >= 0.3 is 0 Å². The topological polar surface area (TPSA) is 95.9 Å². The van der Waals surface area contributed by atoms with Crippen LogP contribution in [-0.4, -0.2) is 43.4 Å². The summed E-state index contributed by atoms with van der Waals surface area (Å²) in [6, 6.07) is 11.8. The molecule has 2 aromatic rings. The van der Waals surface area contributed by atoms with Crippen LogP contribution < -0.4 is 10.1 Å². The molecule has 0 spiro atoms. The van der Waals surface area contributed by atoms with Crippen LogP contribution in [0.1, 0.15) is 42.9 Å². The van der Waals surface area contributed by atoms with Crippen molar-refractivity contribution in [3.8, 4) is 5.75 Å². The molecule has 160 valence electrons. The molecule has 30 heavy (non-hydrogen) atoms. The highest BCUT2D eigenvalue weighted by molar-refractivity contribution is 7.89. The Kier molecular flexibility index (Phi) is 6.08. The van der Waals surface area contributed by atoms with Crippen molar-refractivity contribution in [3.63, 3.8) is 0 Å². The summed E-state index contributed by atoms with van der Waals surface area (Å²) in [6.07, 6.45) is 3.65. The minimum atomic E-state index is -3.54. The first-order valence-electron chi connectivity index (χ1n) is 10.3. The molecule has 1 amide bonds. The molecular formula is C22H26N2O5S. The Morgan fingerprint density at radius 1 is 1.13 bits per heavy atom. The largest absolute Gasteiger partial charge is 0.483 e. The minimum absolute atomic E-state index is 0.175. The highest BCUT2D eigenvalue weighted by Gasteiger charge is 2.27. The average Bonchev–Trinajstić information content (AvgIpc) is 3.29. The van der Waals surface area contributed by atoms with Crippen LogP contribution in [0.5, 0.6) is 5.75 Å². The van der Waals surface area contributed by atoms with Crippen molar-refractivity contribution in [2.24, 2.45) is 0 Å². The first-order chi connectivity index (χ1) is 14.4. The number of aliphatic hydroxyl groups excluding tert-OH is 1. The highest BCUT2D eigenvalue weighted by Crippen LogP contribution is 2.35. The molecule has 1 fully saturated rings. The number of benzene rings is 2. The van der Waals surface area contributed by atoms with E-state index in [-0.39, 0.29) is 17.4 Å². The van der Waals surface area contributed by atoms with Gasteiger partial charge in [-0.1, -0.05) is 18.2 Å². The Bertz CT molecular complexity index is 1030. The third-order valence-electron chi connectivity index (χ3n) is 5.61. The number of amides is 1. The number of hydrogen-bond donors (Lipinski definition) is 2. The van der Waals surface area contributed by atoms with Crippen molar-refractivity contribution in [2.45, 2.75) is 43.1 Å². The molecule has 2 N–H and O–H groups in total. The van der Waals surface area contributed by atoms with E-state index in [4.69, 9.17) is 4.74 Å². The second-order valence-electron chi connectivity index (χ2n) is 7.71. The Balaban J connectivity index is 1.41. The van der Waals surface area contributed by atoms with E-state index in [0.29, 0.717) is 24.5 Å². The molecule has 1 heterocycles. The van der Waals surface area contributed by atoms with E-state index in [0.717, 1.165) is 43.2 Å². The normalized spacial score (nSPS) is 19.3. The van der Waals surface area contributed by atoms with E-state index in [1.54, 1.807) is 24.3 Å². The molecule has 2 aromatic carbocycles. The van der Waals surface area contributed by atoms with Crippen LogP contribution in [0.3, 0.4) is 0 Å². The highest BCUT2D eigenvalue weighted by atomic mass is 32.2. The second-order valence-corrected chi connectivity index (χ2v) is 9.65. The maximum absolute atomic E-state index is 12.7. The zero-order valence-corrected chi connectivity index (χ0v) is 17.5. The number of carbonyl (C=O) groups is 1. The Morgan fingerprint density at radius 2 is 1.90 bits per heavy atom. The smallest absolute Gasteiger partial charge is 0.262 e. The van der Waals surface area contributed by atoms with Gasteiger partial charge in [-0.15, -0.1) is 0 Å². The molecule has 2 aliphatic rings. The lowest BCUT2D eigenvalue weighted by Gasteiger charge is -2.23. The van der Waals surface area contributed by atoms with E-state index in [2.05, 4.69) is 5.32 Å². The number of ether oxygens (including phenoxy) is 1. The van der Waals surface area contributed by atoms with Crippen LogP contribution in [0, 0.1) is 0 Å². The number of nitrogens with zero attached hydrogens (tertiary/aromatic N) is 1. The zero-order valence-electron chi connectivity index (χ0n) is 16.7. The molecule has 1 aliphatic carbocycles. The number of rotatable bonds is 6. The molecule has 1 saturated heterocycles. The molecule has 8 heteroatoms. The summed E-state index contributed by atoms with van der Waals surface area (Å²) >= 11 is 0.